The van der Waals surface area contributed by atoms with Crippen molar-refractivity contribution in [1.29, 1.82) is 0 Å². The van der Waals surface area contributed by atoms with Crippen LogP contribution in [0.2, 0.25) is 0 Å². The average molecular weight is 320 g/mol. The van der Waals surface area contributed by atoms with Gasteiger partial charge in [0, 0.05) is 6.42 Å². The molecule has 0 radical (unpaired) electrons. The molecule has 0 bridgehead atoms. The van der Waals surface area contributed by atoms with E-state index in [2.05, 4.69) is 6.92 Å². The first-order chi connectivity index (χ1) is 10.9. The number of halogens is 3. The second-order valence-corrected chi connectivity index (χ2v) is 5.62. The van der Waals surface area contributed by atoms with Crippen molar-refractivity contribution in [2.75, 3.05) is 0 Å². The Morgan fingerprint density at radius 1 is 1.04 bits per heavy atom. The fraction of sp³-hybridized carbons (Fsp3) is 0.316. The van der Waals surface area contributed by atoms with Gasteiger partial charge < -0.3 is 0 Å². The fourth-order valence-corrected chi connectivity index (χ4v) is 2.57. The number of benzene rings is 2. The fourth-order valence-electron chi connectivity index (χ4n) is 2.57. The van der Waals surface area contributed by atoms with Gasteiger partial charge in [0.15, 0.2) is 5.78 Å². The Labute approximate surface area is 134 Å². The predicted octanol–water partition coefficient (Wildman–Crippen LogP) is 5.45. The number of hydrogen-bond acceptors (Lipinski definition) is 1. The van der Waals surface area contributed by atoms with Crippen molar-refractivity contribution in [3.8, 4) is 0 Å². The second kappa shape index (κ2) is 7.44. The number of Topliss-reactive ketones (excluding diaryl/α,β-unsaturated/α-hetero) is 1. The zero-order chi connectivity index (χ0) is 17.0. The first-order valence-electron chi connectivity index (χ1n) is 7.62. The van der Waals surface area contributed by atoms with Gasteiger partial charge in [0.2, 0.25) is 0 Å². The molecule has 0 saturated heterocycles. The van der Waals surface area contributed by atoms with Gasteiger partial charge in [-0.15, -0.1) is 0 Å². The first kappa shape index (κ1) is 17.3. The molecule has 0 aliphatic carbocycles. The van der Waals surface area contributed by atoms with Gasteiger partial charge in [0.1, 0.15) is 5.82 Å². The predicted molar refractivity (Wildman–Crippen MR) is 84.6 cm³/mol. The van der Waals surface area contributed by atoms with Gasteiger partial charge in [0.05, 0.1) is 11.1 Å². The van der Waals surface area contributed by atoms with Gasteiger partial charge in [-0.25, -0.2) is 13.2 Å². The molecule has 4 heteroatoms. The molecule has 0 unspecified atom stereocenters. The number of ketones is 1. The summed E-state index contributed by atoms with van der Waals surface area (Å²) in [6.07, 6.45) is -0.951. The zero-order valence-electron chi connectivity index (χ0n) is 13.2. The molecule has 0 fully saturated rings. The molecule has 0 amide bonds. The summed E-state index contributed by atoms with van der Waals surface area (Å²) in [5, 5.41) is 0. The van der Waals surface area contributed by atoms with Crippen LogP contribution in [0.15, 0.2) is 36.4 Å². The molecule has 0 aliphatic heterocycles. The van der Waals surface area contributed by atoms with E-state index in [1.165, 1.54) is 24.6 Å². The summed E-state index contributed by atoms with van der Waals surface area (Å²) >= 11 is 0. The molecule has 0 aliphatic rings. The monoisotopic (exact) mass is 320 g/mol. The molecule has 0 atom stereocenters. The normalized spacial score (nSPS) is 11.0. The molecule has 2 rings (SSSR count). The maximum atomic E-state index is 14.2. The molecule has 23 heavy (non-hydrogen) atoms. The molecule has 0 saturated carbocycles. The van der Waals surface area contributed by atoms with E-state index in [0.29, 0.717) is 0 Å². The smallest absolute Gasteiger partial charge is 0.266 e. The van der Waals surface area contributed by atoms with Crippen molar-refractivity contribution in [2.45, 2.75) is 39.5 Å². The van der Waals surface area contributed by atoms with Gasteiger partial charge in [-0.2, -0.15) is 0 Å². The lowest BCUT2D eigenvalue weighted by Crippen LogP contribution is -2.09. The topological polar surface area (TPSA) is 17.1 Å². The minimum Gasteiger partial charge on any atom is -0.294 e. The number of carbonyl (C=O) groups is 1. The van der Waals surface area contributed by atoms with Crippen molar-refractivity contribution in [2.24, 2.45) is 0 Å². The third-order valence-electron chi connectivity index (χ3n) is 3.84. The molecule has 2 aromatic carbocycles. The minimum absolute atomic E-state index is 0.00490. The number of hydrogen-bond donors (Lipinski definition) is 0. The van der Waals surface area contributed by atoms with Crippen molar-refractivity contribution in [3.63, 3.8) is 0 Å². The molecule has 2 aromatic rings. The zero-order valence-corrected chi connectivity index (χ0v) is 13.2. The van der Waals surface area contributed by atoms with Gasteiger partial charge in [-0.1, -0.05) is 43.7 Å². The number of carbonyl (C=O) groups excluding carboxylic acids is 1. The number of aryl methyl sites for hydroxylation is 2. The van der Waals surface area contributed by atoms with E-state index in [-0.39, 0.29) is 17.5 Å². The third kappa shape index (κ3) is 4.01. The van der Waals surface area contributed by atoms with Crippen LogP contribution in [0.25, 0.3) is 0 Å². The quantitative estimate of drug-likeness (QED) is 0.647. The van der Waals surface area contributed by atoms with Crippen molar-refractivity contribution >= 4 is 5.78 Å². The minimum atomic E-state index is -2.93. The van der Waals surface area contributed by atoms with E-state index < -0.39 is 23.6 Å². The molecule has 0 spiro atoms. The molecular formula is C19H19F3O. The largest absolute Gasteiger partial charge is 0.294 e. The van der Waals surface area contributed by atoms with Crippen LogP contribution in [-0.2, 0) is 12.8 Å². The maximum Gasteiger partial charge on any atom is 0.266 e. The van der Waals surface area contributed by atoms with E-state index in [9.17, 15) is 18.0 Å². The summed E-state index contributed by atoms with van der Waals surface area (Å²) in [5.74, 6) is -1.60. The number of alkyl halides is 2. The SMILES string of the molecule is CCCc1ccc(CC(=O)c2ccc(C)c(C(F)F)c2F)cc1. The van der Waals surface area contributed by atoms with Gasteiger partial charge in [0.25, 0.3) is 6.43 Å². The Kier molecular flexibility index (Phi) is 5.59. The first-order valence-corrected chi connectivity index (χ1v) is 7.62. The molecule has 0 aromatic heterocycles. The molecule has 0 N–H and O–H groups in total. The van der Waals surface area contributed by atoms with Gasteiger partial charge in [-0.3, -0.25) is 4.79 Å². The van der Waals surface area contributed by atoms with Crippen LogP contribution in [0.5, 0.6) is 0 Å². The van der Waals surface area contributed by atoms with Crippen LogP contribution >= 0.6 is 0 Å². The highest BCUT2D eigenvalue weighted by molar-refractivity contribution is 5.98. The summed E-state index contributed by atoms with van der Waals surface area (Å²) in [7, 11) is 0. The molecular weight excluding hydrogens is 301 g/mol. The Hall–Kier alpha value is -2.10. The van der Waals surface area contributed by atoms with Crippen molar-refractivity contribution in [1.82, 2.24) is 0 Å². The van der Waals surface area contributed by atoms with E-state index in [1.54, 1.807) is 0 Å². The Morgan fingerprint density at radius 2 is 1.65 bits per heavy atom. The Morgan fingerprint density at radius 3 is 2.22 bits per heavy atom. The highest BCUT2D eigenvalue weighted by Gasteiger charge is 2.22. The van der Waals surface area contributed by atoms with Crippen LogP contribution in [-0.4, -0.2) is 5.78 Å². The summed E-state index contributed by atoms with van der Waals surface area (Å²) in [5.41, 5.74) is 1.11. The van der Waals surface area contributed by atoms with Gasteiger partial charge >= 0.3 is 0 Å². The lowest BCUT2D eigenvalue weighted by Gasteiger charge is -2.10. The van der Waals surface area contributed by atoms with Crippen LogP contribution in [0, 0.1) is 12.7 Å². The highest BCUT2D eigenvalue weighted by Crippen LogP contribution is 2.28. The Bertz CT molecular complexity index is 691. The van der Waals surface area contributed by atoms with Crippen LogP contribution in [0.3, 0.4) is 0 Å². The van der Waals surface area contributed by atoms with E-state index in [4.69, 9.17) is 0 Å². The Balaban J connectivity index is 2.22. The lowest BCUT2D eigenvalue weighted by atomic mass is 9.97. The van der Waals surface area contributed by atoms with E-state index >= 15 is 0 Å². The van der Waals surface area contributed by atoms with Crippen LogP contribution < -0.4 is 0 Å². The van der Waals surface area contributed by atoms with E-state index in [0.717, 1.165) is 18.4 Å². The average Bonchev–Trinajstić information content (AvgIpc) is 2.49. The summed E-state index contributed by atoms with van der Waals surface area (Å²) < 4.78 is 40.1. The summed E-state index contributed by atoms with van der Waals surface area (Å²) in [6, 6.07) is 10.2. The standard InChI is InChI=1S/C19H19F3O/c1-3-4-13-6-8-14(9-7-13)11-16(23)15-10-5-12(2)17(18(15)20)19(21)22/h5-10,19H,3-4,11H2,1-2H3. The van der Waals surface area contributed by atoms with Crippen molar-refractivity contribution in [3.05, 3.63) is 70.0 Å². The summed E-state index contributed by atoms with van der Waals surface area (Å²) in [6.45, 7) is 3.49. The van der Waals surface area contributed by atoms with Crippen molar-refractivity contribution < 1.29 is 18.0 Å². The third-order valence-corrected chi connectivity index (χ3v) is 3.84. The second-order valence-electron chi connectivity index (χ2n) is 5.62. The molecule has 0 heterocycles. The molecule has 122 valence electrons. The van der Waals surface area contributed by atoms with Gasteiger partial charge in [-0.05, 0) is 36.1 Å². The lowest BCUT2D eigenvalue weighted by molar-refractivity contribution is 0.0987. The van der Waals surface area contributed by atoms with E-state index in [1.807, 2.05) is 24.3 Å². The summed E-state index contributed by atoms with van der Waals surface area (Å²) in [4.78, 5) is 12.2. The number of rotatable bonds is 6. The maximum absolute atomic E-state index is 14.2. The highest BCUT2D eigenvalue weighted by atomic mass is 19.3. The van der Waals surface area contributed by atoms with Crippen LogP contribution in [0.1, 0.15) is 52.4 Å². The van der Waals surface area contributed by atoms with Crippen LogP contribution in [0.4, 0.5) is 13.2 Å². The molecule has 1 nitrogen and oxygen atoms in total.